The maximum absolute atomic E-state index is 3.58. The zero-order chi connectivity index (χ0) is 14.9. The smallest absolute Gasteiger partial charge is 0.0540 e. The lowest BCUT2D eigenvalue weighted by atomic mass is 10.1. The first-order valence-corrected chi connectivity index (χ1v) is 8.04. The first kappa shape index (κ1) is 13.4. The number of nitrogens with zero attached hydrogens (tertiary/aromatic N) is 1. The second-order valence-corrected chi connectivity index (χ2v) is 6.19. The Labute approximate surface area is 138 Å². The van der Waals surface area contributed by atoms with E-state index in [2.05, 4.69) is 105 Å². The van der Waals surface area contributed by atoms with Crippen LogP contribution in [0.5, 0.6) is 0 Å². The van der Waals surface area contributed by atoms with Gasteiger partial charge in [0.05, 0.1) is 11.2 Å². The van der Waals surface area contributed by atoms with E-state index in [1.807, 2.05) is 0 Å². The maximum Gasteiger partial charge on any atom is 0.0540 e. The molecule has 0 saturated heterocycles. The van der Waals surface area contributed by atoms with E-state index in [0.717, 1.165) is 10.2 Å². The van der Waals surface area contributed by atoms with Crippen LogP contribution in [0, 0.1) is 0 Å². The van der Waals surface area contributed by atoms with Crippen molar-refractivity contribution >= 4 is 26.8 Å². The van der Waals surface area contributed by atoms with Gasteiger partial charge in [0.2, 0.25) is 0 Å². The quantitative estimate of drug-likeness (QED) is 0.415. The summed E-state index contributed by atoms with van der Waals surface area (Å²) >= 11 is 3.58. The molecule has 0 fully saturated rings. The van der Waals surface area contributed by atoms with Gasteiger partial charge in [-0.2, -0.15) is 0 Å². The zero-order valence-corrected chi connectivity index (χ0v) is 13.5. The predicted octanol–water partition coefficient (Wildman–Crippen LogP) is 6.06. The average molecular weight is 348 g/mol. The van der Waals surface area contributed by atoms with Crippen LogP contribution in [0.15, 0.2) is 89.4 Å². The molecule has 0 amide bonds. The highest BCUT2D eigenvalue weighted by Crippen LogP contribution is 2.32. The van der Waals surface area contributed by atoms with Crippen molar-refractivity contribution in [3.05, 3.63) is 89.4 Å². The molecule has 0 N–H and O–H groups in total. The summed E-state index contributed by atoms with van der Waals surface area (Å²) in [4.78, 5) is 0. The summed E-state index contributed by atoms with van der Waals surface area (Å²) in [5.74, 6) is 0. The fourth-order valence-electron chi connectivity index (χ4n) is 2.87. The number of benzene rings is 3. The van der Waals surface area contributed by atoms with Gasteiger partial charge in [0.25, 0.3) is 0 Å². The molecule has 1 heterocycles. The van der Waals surface area contributed by atoms with Crippen molar-refractivity contribution in [3.63, 3.8) is 0 Å². The number of hydrogen-bond donors (Lipinski definition) is 0. The first-order chi connectivity index (χ1) is 10.8. The number of halogens is 1. The number of rotatable bonds is 2. The molecule has 0 bridgehead atoms. The van der Waals surface area contributed by atoms with E-state index >= 15 is 0 Å². The molecule has 0 aliphatic rings. The molecule has 1 aromatic heterocycles. The normalized spacial score (nSPS) is 11.0. The number of fused-ring (bicyclic) bond motifs is 1. The summed E-state index contributed by atoms with van der Waals surface area (Å²) < 4.78 is 3.40. The second-order valence-electron chi connectivity index (χ2n) is 5.27. The second kappa shape index (κ2) is 5.47. The highest BCUT2D eigenvalue weighted by Gasteiger charge is 2.11. The van der Waals surface area contributed by atoms with Gasteiger partial charge < -0.3 is 4.57 Å². The lowest BCUT2D eigenvalue weighted by molar-refractivity contribution is 1.13. The number of para-hydroxylation sites is 1. The molecule has 0 aliphatic carbocycles. The van der Waals surface area contributed by atoms with Crippen molar-refractivity contribution in [2.24, 2.45) is 0 Å². The van der Waals surface area contributed by atoms with E-state index in [-0.39, 0.29) is 0 Å². The van der Waals surface area contributed by atoms with Gasteiger partial charge >= 0.3 is 0 Å². The van der Waals surface area contributed by atoms with Crippen molar-refractivity contribution in [1.82, 2.24) is 4.57 Å². The van der Waals surface area contributed by atoms with Crippen molar-refractivity contribution in [2.75, 3.05) is 0 Å². The van der Waals surface area contributed by atoms with Crippen LogP contribution in [0.3, 0.4) is 0 Å². The molecule has 3 aromatic carbocycles. The molecule has 4 rings (SSSR count). The van der Waals surface area contributed by atoms with E-state index in [0.29, 0.717) is 0 Å². The van der Waals surface area contributed by atoms with Crippen LogP contribution in [-0.4, -0.2) is 4.57 Å². The third-order valence-corrected chi connectivity index (χ3v) is 4.34. The Balaban J connectivity index is 2.07. The molecule has 0 radical (unpaired) electrons. The minimum Gasteiger partial charge on any atom is -0.309 e. The Hall–Kier alpha value is -2.32. The Morgan fingerprint density at radius 2 is 1.45 bits per heavy atom. The number of hydrogen-bond acceptors (Lipinski definition) is 0. The molecule has 0 atom stereocenters. The summed E-state index contributed by atoms with van der Waals surface area (Å²) in [6.45, 7) is 0. The molecule has 106 valence electrons. The van der Waals surface area contributed by atoms with E-state index in [9.17, 15) is 0 Å². The van der Waals surface area contributed by atoms with Gasteiger partial charge in [0.1, 0.15) is 0 Å². The van der Waals surface area contributed by atoms with Crippen LogP contribution < -0.4 is 0 Å². The largest absolute Gasteiger partial charge is 0.309 e. The van der Waals surface area contributed by atoms with Crippen LogP contribution >= 0.6 is 15.9 Å². The Morgan fingerprint density at radius 3 is 2.27 bits per heavy atom. The molecule has 22 heavy (non-hydrogen) atoms. The standard InChI is InChI=1S/C20H14BrN/c21-17-10-6-11-18(14-17)22-19-12-5-4-9-16(19)13-20(22)15-7-2-1-3-8-15/h1-14H. The highest BCUT2D eigenvalue weighted by molar-refractivity contribution is 9.10. The lowest BCUT2D eigenvalue weighted by Crippen LogP contribution is -1.96. The van der Waals surface area contributed by atoms with Gasteiger partial charge in [-0.05, 0) is 35.9 Å². The van der Waals surface area contributed by atoms with Gasteiger partial charge in [0, 0.05) is 15.5 Å². The van der Waals surface area contributed by atoms with Gasteiger partial charge in [-0.3, -0.25) is 0 Å². The molecule has 0 unspecified atom stereocenters. The van der Waals surface area contributed by atoms with E-state index in [4.69, 9.17) is 0 Å². The highest BCUT2D eigenvalue weighted by atomic mass is 79.9. The third kappa shape index (κ3) is 2.26. The van der Waals surface area contributed by atoms with Crippen LogP contribution in [0.1, 0.15) is 0 Å². The molecule has 2 heteroatoms. The molecule has 4 aromatic rings. The van der Waals surface area contributed by atoms with Crippen molar-refractivity contribution in [3.8, 4) is 16.9 Å². The van der Waals surface area contributed by atoms with E-state index in [1.54, 1.807) is 0 Å². The van der Waals surface area contributed by atoms with Gasteiger partial charge in [-0.15, -0.1) is 0 Å². The van der Waals surface area contributed by atoms with Crippen molar-refractivity contribution < 1.29 is 0 Å². The fraction of sp³-hybridized carbons (Fsp3) is 0. The topological polar surface area (TPSA) is 4.93 Å². The summed E-state index contributed by atoms with van der Waals surface area (Å²) in [6, 6.07) is 29.7. The van der Waals surface area contributed by atoms with Crippen molar-refractivity contribution in [1.29, 1.82) is 0 Å². The molecule has 0 saturated carbocycles. The first-order valence-electron chi connectivity index (χ1n) is 7.25. The minimum absolute atomic E-state index is 1.08. The average Bonchev–Trinajstić information content (AvgIpc) is 2.95. The molecular formula is C20H14BrN. The summed E-state index contributed by atoms with van der Waals surface area (Å²) in [7, 11) is 0. The molecule has 0 aliphatic heterocycles. The molecular weight excluding hydrogens is 334 g/mol. The fourth-order valence-corrected chi connectivity index (χ4v) is 3.26. The lowest BCUT2D eigenvalue weighted by Gasteiger charge is -2.11. The van der Waals surface area contributed by atoms with Crippen LogP contribution in [0.25, 0.3) is 27.8 Å². The summed E-state index contributed by atoms with van der Waals surface area (Å²) in [5.41, 5.74) is 4.81. The Kier molecular flexibility index (Phi) is 3.32. The monoisotopic (exact) mass is 347 g/mol. The van der Waals surface area contributed by atoms with E-state index < -0.39 is 0 Å². The van der Waals surface area contributed by atoms with Gasteiger partial charge in [-0.1, -0.05) is 70.5 Å². The van der Waals surface area contributed by atoms with Gasteiger partial charge in [0.15, 0.2) is 0 Å². The summed E-state index contributed by atoms with van der Waals surface area (Å²) in [5, 5.41) is 1.25. The predicted molar refractivity (Wildman–Crippen MR) is 96.4 cm³/mol. The Bertz CT molecular complexity index is 938. The summed E-state index contributed by atoms with van der Waals surface area (Å²) in [6.07, 6.45) is 0. The van der Waals surface area contributed by atoms with Crippen LogP contribution in [0.2, 0.25) is 0 Å². The zero-order valence-electron chi connectivity index (χ0n) is 11.9. The Morgan fingerprint density at radius 1 is 0.682 bits per heavy atom. The molecule has 0 spiro atoms. The van der Waals surface area contributed by atoms with Crippen molar-refractivity contribution in [2.45, 2.75) is 0 Å². The maximum atomic E-state index is 3.58. The van der Waals surface area contributed by atoms with Crippen LogP contribution in [-0.2, 0) is 0 Å². The van der Waals surface area contributed by atoms with Crippen LogP contribution in [0.4, 0.5) is 0 Å². The minimum atomic E-state index is 1.08. The number of aromatic nitrogens is 1. The SMILES string of the molecule is Brc1cccc(-n2c(-c3ccccc3)cc3ccccc32)c1. The van der Waals surface area contributed by atoms with Gasteiger partial charge in [-0.25, -0.2) is 0 Å². The third-order valence-electron chi connectivity index (χ3n) is 3.85. The molecule has 1 nitrogen and oxygen atoms in total. The van der Waals surface area contributed by atoms with E-state index in [1.165, 1.54) is 22.2 Å².